The maximum Gasteiger partial charge on any atom is 0.0894 e. The minimum absolute atomic E-state index is 0.109. The van der Waals surface area contributed by atoms with E-state index in [1.807, 2.05) is 24.3 Å². The average Bonchev–Trinajstić information content (AvgIpc) is 2.61. The number of benzene rings is 1. The molecule has 1 unspecified atom stereocenters. The van der Waals surface area contributed by atoms with Gasteiger partial charge in [0.15, 0.2) is 0 Å². The monoisotopic (exact) mass is 341 g/mol. The molecule has 4 nitrogen and oxygen atoms in total. The van der Waals surface area contributed by atoms with Crippen molar-refractivity contribution in [1.29, 1.82) is 0 Å². The number of hydrogen-bond donors (Lipinski definition) is 4. The molecule has 0 aliphatic carbocycles. The van der Waals surface area contributed by atoms with Crippen LogP contribution in [0.3, 0.4) is 0 Å². The molecule has 0 bridgehead atoms. The molecule has 0 radical (unpaired) electrons. The van der Waals surface area contributed by atoms with Crippen LogP contribution >= 0.6 is 0 Å². The first-order valence-corrected chi connectivity index (χ1v) is 8.88. The summed E-state index contributed by atoms with van der Waals surface area (Å²) in [5.74, 6) is 0. The summed E-state index contributed by atoms with van der Waals surface area (Å²) in [6.45, 7) is -0.950. The van der Waals surface area contributed by atoms with Crippen LogP contribution in [-0.4, -0.2) is 40.7 Å². The Kier molecular flexibility index (Phi) is 10.1. The van der Waals surface area contributed by atoms with Crippen LogP contribution in [0.25, 0.3) is 0 Å². The van der Waals surface area contributed by atoms with Gasteiger partial charge in [0.2, 0.25) is 0 Å². The summed E-state index contributed by atoms with van der Waals surface area (Å²) in [7, 11) is 0. The summed E-state index contributed by atoms with van der Waals surface area (Å²) in [5.41, 5.74) is 6.60. The third-order valence-corrected chi connectivity index (χ3v) is 4.44. The molecular formula is C19H32FNO3. The van der Waals surface area contributed by atoms with E-state index in [-0.39, 0.29) is 26.3 Å². The van der Waals surface area contributed by atoms with E-state index in [0.29, 0.717) is 6.42 Å². The van der Waals surface area contributed by atoms with Crippen LogP contribution in [0, 0.1) is 0 Å². The zero-order valence-corrected chi connectivity index (χ0v) is 14.5. The molecule has 1 aromatic carbocycles. The lowest BCUT2D eigenvalue weighted by Crippen LogP contribution is -2.48. The third-order valence-electron chi connectivity index (χ3n) is 4.44. The topological polar surface area (TPSA) is 86.7 Å². The maximum atomic E-state index is 12.0. The quantitative estimate of drug-likeness (QED) is 0.416. The molecule has 1 atom stereocenters. The summed E-state index contributed by atoms with van der Waals surface area (Å²) in [6, 6.07) is 7.74. The Morgan fingerprint density at radius 1 is 0.917 bits per heavy atom. The van der Waals surface area contributed by atoms with Gasteiger partial charge in [-0.2, -0.15) is 0 Å². The van der Waals surface area contributed by atoms with E-state index in [0.717, 1.165) is 44.1 Å². The van der Waals surface area contributed by atoms with Crippen molar-refractivity contribution in [2.24, 2.45) is 5.73 Å². The average molecular weight is 341 g/mol. The molecule has 0 aliphatic heterocycles. The standard InChI is InChI=1S/C19H32FNO3/c20-12-6-4-2-1-3-5-7-16-8-10-17(11-9-16)18(24)13-19(21,14-22)15-23/h8-11,18,22-24H,1-7,12-15,21H2. The van der Waals surface area contributed by atoms with E-state index in [9.17, 15) is 19.7 Å². The second-order valence-corrected chi connectivity index (χ2v) is 6.70. The van der Waals surface area contributed by atoms with Gasteiger partial charge in [-0.05, 0) is 36.8 Å². The Hall–Kier alpha value is -1.01. The van der Waals surface area contributed by atoms with E-state index in [1.165, 1.54) is 5.56 Å². The lowest BCUT2D eigenvalue weighted by Gasteiger charge is -2.27. The minimum atomic E-state index is -1.17. The highest BCUT2D eigenvalue weighted by atomic mass is 19.1. The molecule has 0 fully saturated rings. The van der Waals surface area contributed by atoms with Crippen LogP contribution in [0.5, 0.6) is 0 Å². The van der Waals surface area contributed by atoms with Gasteiger partial charge in [-0.15, -0.1) is 0 Å². The first kappa shape index (κ1) is 21.0. The molecular weight excluding hydrogens is 309 g/mol. The lowest BCUT2D eigenvalue weighted by molar-refractivity contribution is 0.0618. The zero-order valence-electron chi connectivity index (χ0n) is 14.5. The second kappa shape index (κ2) is 11.5. The van der Waals surface area contributed by atoms with Crippen molar-refractivity contribution in [2.45, 2.75) is 63.0 Å². The second-order valence-electron chi connectivity index (χ2n) is 6.70. The van der Waals surface area contributed by atoms with Crippen LogP contribution in [0.1, 0.15) is 62.2 Å². The summed E-state index contributed by atoms with van der Waals surface area (Å²) in [4.78, 5) is 0. The molecule has 0 aliphatic rings. The number of halogens is 1. The van der Waals surface area contributed by atoms with Gasteiger partial charge >= 0.3 is 0 Å². The Morgan fingerprint density at radius 2 is 1.46 bits per heavy atom. The first-order valence-electron chi connectivity index (χ1n) is 8.88. The number of aliphatic hydroxyl groups is 3. The van der Waals surface area contributed by atoms with Gasteiger partial charge in [-0.3, -0.25) is 4.39 Å². The number of unbranched alkanes of at least 4 members (excludes halogenated alkanes) is 5. The predicted molar refractivity (Wildman–Crippen MR) is 94.5 cm³/mol. The molecule has 0 saturated carbocycles. The molecule has 0 heterocycles. The van der Waals surface area contributed by atoms with E-state index >= 15 is 0 Å². The molecule has 5 heteroatoms. The Morgan fingerprint density at radius 3 is 2.00 bits per heavy atom. The van der Waals surface area contributed by atoms with Crippen molar-refractivity contribution in [3.63, 3.8) is 0 Å². The highest BCUT2D eigenvalue weighted by Crippen LogP contribution is 2.23. The number of nitrogens with two attached hydrogens (primary N) is 1. The number of rotatable bonds is 13. The van der Waals surface area contributed by atoms with Crippen molar-refractivity contribution < 1.29 is 19.7 Å². The highest BCUT2D eigenvalue weighted by Gasteiger charge is 2.27. The molecule has 1 rings (SSSR count). The fourth-order valence-electron chi connectivity index (χ4n) is 2.72. The zero-order chi connectivity index (χ0) is 17.8. The van der Waals surface area contributed by atoms with Gasteiger partial charge in [0.1, 0.15) is 0 Å². The molecule has 0 amide bonds. The fraction of sp³-hybridized carbons (Fsp3) is 0.684. The van der Waals surface area contributed by atoms with Crippen molar-refractivity contribution >= 4 is 0 Å². The molecule has 24 heavy (non-hydrogen) atoms. The van der Waals surface area contributed by atoms with Crippen molar-refractivity contribution in [2.75, 3.05) is 19.9 Å². The molecule has 0 spiro atoms. The summed E-state index contributed by atoms with van der Waals surface area (Å²) in [6.07, 6.45) is 6.47. The largest absolute Gasteiger partial charge is 0.394 e. The summed E-state index contributed by atoms with van der Waals surface area (Å²) < 4.78 is 12.0. The Labute approximate surface area is 144 Å². The smallest absolute Gasteiger partial charge is 0.0894 e. The van der Waals surface area contributed by atoms with Crippen LogP contribution in [0.15, 0.2) is 24.3 Å². The molecule has 0 aromatic heterocycles. The molecule has 5 N–H and O–H groups in total. The van der Waals surface area contributed by atoms with Gasteiger partial charge in [-0.1, -0.05) is 49.9 Å². The minimum Gasteiger partial charge on any atom is -0.394 e. The van der Waals surface area contributed by atoms with Gasteiger partial charge in [0.05, 0.1) is 31.5 Å². The number of hydrogen-bond acceptors (Lipinski definition) is 4. The molecule has 138 valence electrons. The predicted octanol–water partition coefficient (Wildman–Crippen LogP) is 2.64. The number of aryl methyl sites for hydroxylation is 1. The van der Waals surface area contributed by atoms with Gasteiger partial charge in [0.25, 0.3) is 0 Å². The molecule has 1 aromatic rings. The Balaban J connectivity index is 2.34. The Bertz CT molecular complexity index is 435. The summed E-state index contributed by atoms with van der Waals surface area (Å²) >= 11 is 0. The third kappa shape index (κ3) is 7.71. The van der Waals surface area contributed by atoms with Crippen molar-refractivity contribution in [1.82, 2.24) is 0 Å². The maximum absolute atomic E-state index is 12.0. The number of alkyl halides is 1. The summed E-state index contributed by atoms with van der Waals surface area (Å²) in [5, 5.41) is 28.6. The van der Waals surface area contributed by atoms with Crippen LogP contribution < -0.4 is 5.73 Å². The van der Waals surface area contributed by atoms with Crippen LogP contribution in [0.4, 0.5) is 4.39 Å². The van der Waals surface area contributed by atoms with Crippen molar-refractivity contribution in [3.05, 3.63) is 35.4 Å². The van der Waals surface area contributed by atoms with Crippen LogP contribution in [0.2, 0.25) is 0 Å². The van der Waals surface area contributed by atoms with Gasteiger partial charge in [0, 0.05) is 0 Å². The first-order chi connectivity index (χ1) is 11.5. The van der Waals surface area contributed by atoms with E-state index in [4.69, 9.17) is 5.73 Å². The van der Waals surface area contributed by atoms with Crippen molar-refractivity contribution in [3.8, 4) is 0 Å². The van der Waals surface area contributed by atoms with E-state index < -0.39 is 11.6 Å². The molecule has 0 saturated heterocycles. The number of aliphatic hydroxyl groups excluding tert-OH is 3. The highest BCUT2D eigenvalue weighted by molar-refractivity contribution is 5.24. The van der Waals surface area contributed by atoms with E-state index in [1.54, 1.807) is 0 Å². The SMILES string of the molecule is NC(CO)(CO)CC(O)c1ccc(CCCCCCCCF)cc1. The normalized spacial score (nSPS) is 13.2. The fourth-order valence-corrected chi connectivity index (χ4v) is 2.72. The van der Waals surface area contributed by atoms with Gasteiger partial charge in [-0.25, -0.2) is 0 Å². The van der Waals surface area contributed by atoms with Gasteiger partial charge < -0.3 is 21.1 Å². The lowest BCUT2D eigenvalue weighted by atomic mass is 9.91. The van der Waals surface area contributed by atoms with Crippen LogP contribution in [-0.2, 0) is 6.42 Å². The van der Waals surface area contributed by atoms with E-state index in [2.05, 4.69) is 0 Å².